The number of nitrogens with one attached hydrogen (secondary N) is 1. The molecule has 0 amide bonds. The number of carboxylic acids is 1. The zero-order chi connectivity index (χ0) is 18.7. The van der Waals surface area contributed by atoms with E-state index in [9.17, 15) is 15.2 Å². The molecule has 5 nitrogen and oxygen atoms in total. The molecule has 2 aromatic carbocycles. The summed E-state index contributed by atoms with van der Waals surface area (Å²) in [5.74, 6) is -0.986. The van der Waals surface area contributed by atoms with Crippen molar-refractivity contribution in [3.63, 3.8) is 0 Å². The molecule has 5 heteroatoms. The van der Waals surface area contributed by atoms with Crippen molar-refractivity contribution in [2.45, 2.75) is 13.8 Å². The van der Waals surface area contributed by atoms with Gasteiger partial charge in [0.05, 0.1) is 40.5 Å². The van der Waals surface area contributed by atoms with Crippen LogP contribution in [0.15, 0.2) is 54.7 Å². The maximum atomic E-state index is 11.5. The van der Waals surface area contributed by atoms with Crippen LogP contribution < -0.4 is 5.32 Å². The average molecular weight is 343 g/mol. The van der Waals surface area contributed by atoms with Gasteiger partial charge in [0.15, 0.2) is 0 Å². The fourth-order valence-electron chi connectivity index (χ4n) is 2.81. The zero-order valence-electron chi connectivity index (χ0n) is 14.4. The van der Waals surface area contributed by atoms with Gasteiger partial charge in [-0.25, -0.2) is 4.79 Å². The number of carbonyl (C=O) groups is 1. The lowest BCUT2D eigenvalue weighted by atomic mass is 10.0. The monoisotopic (exact) mass is 343 g/mol. The van der Waals surface area contributed by atoms with Crippen LogP contribution in [0.5, 0.6) is 0 Å². The summed E-state index contributed by atoms with van der Waals surface area (Å²) in [5.41, 5.74) is 5.25. The Hall–Kier alpha value is -3.65. The molecule has 2 N–H and O–H groups in total. The minimum absolute atomic E-state index is 0.210. The van der Waals surface area contributed by atoms with E-state index in [-0.39, 0.29) is 5.56 Å². The highest BCUT2D eigenvalue weighted by Crippen LogP contribution is 2.28. The standard InChI is InChI=1S/C21H17N3O2/c1-13-7-8-19(18(9-13)21(25)26)24-16-10-14(2)20(23-12-16)17-6-4-3-5-15(17)11-22/h3-10,12,24H,1-2H3,(H,25,26). The third kappa shape index (κ3) is 3.40. The van der Waals surface area contributed by atoms with Crippen molar-refractivity contribution in [1.29, 1.82) is 5.26 Å². The Bertz CT molecular complexity index is 1040. The van der Waals surface area contributed by atoms with Crippen LogP contribution in [0.25, 0.3) is 11.3 Å². The van der Waals surface area contributed by atoms with Crippen LogP contribution in [0.1, 0.15) is 27.0 Å². The second-order valence-corrected chi connectivity index (χ2v) is 6.03. The second-order valence-electron chi connectivity index (χ2n) is 6.03. The molecular weight excluding hydrogens is 326 g/mol. The molecule has 0 aliphatic heterocycles. The first-order chi connectivity index (χ1) is 12.5. The molecule has 0 bridgehead atoms. The molecule has 0 unspecified atom stereocenters. The van der Waals surface area contributed by atoms with Crippen molar-refractivity contribution < 1.29 is 9.90 Å². The van der Waals surface area contributed by atoms with E-state index >= 15 is 0 Å². The third-order valence-corrected chi connectivity index (χ3v) is 4.07. The first kappa shape index (κ1) is 17.2. The highest BCUT2D eigenvalue weighted by molar-refractivity contribution is 5.95. The largest absolute Gasteiger partial charge is 0.478 e. The Morgan fingerprint density at radius 3 is 2.62 bits per heavy atom. The predicted octanol–water partition coefficient (Wildman–Crippen LogP) is 4.68. The quantitative estimate of drug-likeness (QED) is 0.718. The van der Waals surface area contributed by atoms with E-state index in [0.717, 1.165) is 22.4 Å². The maximum absolute atomic E-state index is 11.5. The van der Waals surface area contributed by atoms with Crippen LogP contribution >= 0.6 is 0 Å². The fraction of sp³-hybridized carbons (Fsp3) is 0.0952. The van der Waals surface area contributed by atoms with Gasteiger partial charge >= 0.3 is 5.97 Å². The Labute approximate surface area is 151 Å². The molecule has 3 rings (SSSR count). The summed E-state index contributed by atoms with van der Waals surface area (Å²) in [6.07, 6.45) is 1.64. The number of hydrogen-bond acceptors (Lipinski definition) is 4. The summed E-state index contributed by atoms with van der Waals surface area (Å²) in [5, 5.41) is 21.8. The molecule has 1 aromatic heterocycles. The van der Waals surface area contributed by atoms with Gasteiger partial charge in [0.25, 0.3) is 0 Å². The van der Waals surface area contributed by atoms with Gasteiger partial charge in [-0.3, -0.25) is 4.98 Å². The normalized spacial score (nSPS) is 10.2. The number of anilines is 2. The minimum Gasteiger partial charge on any atom is -0.478 e. The number of hydrogen-bond donors (Lipinski definition) is 2. The maximum Gasteiger partial charge on any atom is 0.337 e. The molecular formula is C21H17N3O2. The lowest BCUT2D eigenvalue weighted by molar-refractivity contribution is 0.0698. The van der Waals surface area contributed by atoms with Crippen molar-refractivity contribution in [1.82, 2.24) is 4.98 Å². The fourth-order valence-corrected chi connectivity index (χ4v) is 2.81. The van der Waals surface area contributed by atoms with Gasteiger partial charge < -0.3 is 10.4 Å². The molecule has 0 fully saturated rings. The van der Waals surface area contributed by atoms with E-state index in [0.29, 0.717) is 16.9 Å². The van der Waals surface area contributed by atoms with Crippen LogP contribution in [0.3, 0.4) is 0 Å². The molecule has 0 spiro atoms. The minimum atomic E-state index is -0.986. The van der Waals surface area contributed by atoms with Crippen LogP contribution in [0.4, 0.5) is 11.4 Å². The van der Waals surface area contributed by atoms with E-state index in [1.54, 1.807) is 24.4 Å². The number of rotatable bonds is 4. The molecule has 0 radical (unpaired) electrons. The smallest absolute Gasteiger partial charge is 0.337 e. The van der Waals surface area contributed by atoms with Crippen molar-refractivity contribution >= 4 is 17.3 Å². The summed E-state index contributed by atoms with van der Waals surface area (Å²) in [6, 6.07) is 16.6. The number of nitriles is 1. The summed E-state index contributed by atoms with van der Waals surface area (Å²) >= 11 is 0. The topological polar surface area (TPSA) is 86.0 Å². The van der Waals surface area contributed by atoms with Gasteiger partial charge in [0.2, 0.25) is 0 Å². The summed E-state index contributed by atoms with van der Waals surface area (Å²) in [7, 11) is 0. The van der Waals surface area contributed by atoms with Gasteiger partial charge in [-0.2, -0.15) is 5.26 Å². The molecule has 0 saturated heterocycles. The Balaban J connectivity index is 1.97. The van der Waals surface area contributed by atoms with Crippen LogP contribution in [-0.2, 0) is 0 Å². The van der Waals surface area contributed by atoms with E-state index in [1.165, 1.54) is 0 Å². The Kier molecular flexibility index (Phi) is 4.68. The number of aryl methyl sites for hydroxylation is 2. The van der Waals surface area contributed by atoms with Gasteiger partial charge in [-0.05, 0) is 43.7 Å². The van der Waals surface area contributed by atoms with Gasteiger partial charge in [0, 0.05) is 5.56 Å². The highest BCUT2D eigenvalue weighted by atomic mass is 16.4. The number of nitrogens with zero attached hydrogens (tertiary/aromatic N) is 2. The molecule has 0 aliphatic rings. The van der Waals surface area contributed by atoms with Crippen LogP contribution in [0.2, 0.25) is 0 Å². The number of pyridine rings is 1. The van der Waals surface area contributed by atoms with Crippen molar-refractivity contribution in [3.8, 4) is 17.3 Å². The molecule has 3 aromatic rings. The first-order valence-electron chi connectivity index (χ1n) is 8.06. The summed E-state index contributed by atoms with van der Waals surface area (Å²) in [4.78, 5) is 15.9. The van der Waals surface area contributed by atoms with E-state index in [4.69, 9.17) is 0 Å². The lowest BCUT2D eigenvalue weighted by Crippen LogP contribution is -2.04. The Morgan fingerprint density at radius 1 is 1.15 bits per heavy atom. The summed E-state index contributed by atoms with van der Waals surface area (Å²) < 4.78 is 0. The molecule has 0 aliphatic carbocycles. The number of carboxylic acid groups (broad SMARTS) is 1. The van der Waals surface area contributed by atoms with Crippen molar-refractivity contribution in [3.05, 3.63) is 77.0 Å². The summed E-state index contributed by atoms with van der Waals surface area (Å²) in [6.45, 7) is 3.76. The van der Waals surface area contributed by atoms with Gasteiger partial charge in [-0.1, -0.05) is 29.8 Å². The Morgan fingerprint density at radius 2 is 1.92 bits per heavy atom. The van der Waals surface area contributed by atoms with Gasteiger partial charge in [-0.15, -0.1) is 0 Å². The van der Waals surface area contributed by atoms with Crippen molar-refractivity contribution in [2.75, 3.05) is 5.32 Å². The van der Waals surface area contributed by atoms with E-state index < -0.39 is 5.97 Å². The molecule has 0 atom stereocenters. The molecule has 1 heterocycles. The van der Waals surface area contributed by atoms with Crippen LogP contribution in [0, 0.1) is 25.2 Å². The van der Waals surface area contributed by atoms with E-state index in [2.05, 4.69) is 16.4 Å². The SMILES string of the molecule is Cc1ccc(Nc2cnc(-c3ccccc3C#N)c(C)c2)c(C(=O)O)c1. The number of benzene rings is 2. The third-order valence-electron chi connectivity index (χ3n) is 4.07. The zero-order valence-corrected chi connectivity index (χ0v) is 14.4. The number of aromatic nitrogens is 1. The van der Waals surface area contributed by atoms with Crippen LogP contribution in [-0.4, -0.2) is 16.1 Å². The van der Waals surface area contributed by atoms with E-state index in [1.807, 2.05) is 44.2 Å². The molecule has 26 heavy (non-hydrogen) atoms. The first-order valence-corrected chi connectivity index (χ1v) is 8.06. The predicted molar refractivity (Wildman–Crippen MR) is 101 cm³/mol. The molecule has 128 valence electrons. The second kappa shape index (κ2) is 7.08. The highest BCUT2D eigenvalue weighted by Gasteiger charge is 2.12. The molecule has 0 saturated carbocycles. The number of aromatic carboxylic acids is 1. The lowest BCUT2D eigenvalue weighted by Gasteiger charge is -2.13. The average Bonchev–Trinajstić information content (AvgIpc) is 2.63. The van der Waals surface area contributed by atoms with Crippen molar-refractivity contribution in [2.24, 2.45) is 0 Å². The van der Waals surface area contributed by atoms with Gasteiger partial charge in [0.1, 0.15) is 0 Å².